The molecule has 1 unspecified atom stereocenters. The first-order chi connectivity index (χ1) is 11.9. The fraction of sp³-hybridized carbons (Fsp3) is 0.316. The third-order valence-electron chi connectivity index (χ3n) is 4.91. The Morgan fingerprint density at radius 3 is 2.68 bits per heavy atom. The summed E-state index contributed by atoms with van der Waals surface area (Å²) in [5, 5.41) is 7.19. The van der Waals surface area contributed by atoms with Crippen molar-refractivity contribution in [2.75, 3.05) is 12.8 Å². The number of nitrogens with zero attached hydrogens (tertiary/aromatic N) is 1. The van der Waals surface area contributed by atoms with Gasteiger partial charge in [0.1, 0.15) is 0 Å². The monoisotopic (exact) mass is 355 g/mol. The molecule has 2 N–H and O–H groups in total. The zero-order chi connectivity index (χ0) is 17.7. The number of sulfone groups is 1. The Bertz CT molecular complexity index is 951. The summed E-state index contributed by atoms with van der Waals surface area (Å²) >= 11 is 0. The van der Waals surface area contributed by atoms with Crippen molar-refractivity contribution < 1.29 is 8.42 Å². The molecule has 0 saturated carbocycles. The summed E-state index contributed by atoms with van der Waals surface area (Å²) < 4.78 is 23.1. The van der Waals surface area contributed by atoms with Crippen molar-refractivity contribution in [3.63, 3.8) is 0 Å². The molecule has 2 aromatic carbocycles. The molecule has 2 aliphatic heterocycles. The van der Waals surface area contributed by atoms with Crippen molar-refractivity contribution in [3.8, 4) is 0 Å². The minimum Gasteiger partial charge on any atom is -0.299 e. The molecule has 1 saturated heterocycles. The van der Waals surface area contributed by atoms with Gasteiger partial charge in [-0.15, -0.1) is 0 Å². The number of aryl methyl sites for hydroxylation is 1. The lowest BCUT2D eigenvalue weighted by atomic mass is 9.92. The molecule has 0 aliphatic carbocycles. The molecule has 2 aliphatic rings. The number of hydrogen-bond donors (Lipinski definition) is 2. The zero-order valence-corrected chi connectivity index (χ0v) is 15.1. The second-order valence-corrected chi connectivity index (χ2v) is 8.96. The van der Waals surface area contributed by atoms with Gasteiger partial charge < -0.3 is 0 Å². The second kappa shape index (κ2) is 5.76. The first-order valence-electron chi connectivity index (χ1n) is 8.32. The first-order valence-corrected chi connectivity index (χ1v) is 10.2. The van der Waals surface area contributed by atoms with E-state index in [-0.39, 0.29) is 11.7 Å². The van der Waals surface area contributed by atoms with Gasteiger partial charge in [0.2, 0.25) is 0 Å². The van der Waals surface area contributed by atoms with Gasteiger partial charge in [-0.2, -0.15) is 0 Å². The first kappa shape index (κ1) is 16.4. The highest BCUT2D eigenvalue weighted by Gasteiger charge is 2.42. The summed E-state index contributed by atoms with van der Waals surface area (Å²) in [6.07, 6.45) is 4.12. The Hall–Kier alpha value is -2.02. The van der Waals surface area contributed by atoms with Crippen molar-refractivity contribution in [1.82, 2.24) is 10.6 Å². The van der Waals surface area contributed by atoms with E-state index in [0.717, 1.165) is 24.2 Å². The maximum absolute atomic E-state index is 11.6. The van der Waals surface area contributed by atoms with Crippen LogP contribution in [0, 0.1) is 6.92 Å². The maximum atomic E-state index is 11.6. The van der Waals surface area contributed by atoms with Gasteiger partial charge in [0.05, 0.1) is 22.3 Å². The molecule has 0 radical (unpaired) electrons. The Kier molecular flexibility index (Phi) is 3.79. The maximum Gasteiger partial charge on any atom is 0.175 e. The van der Waals surface area contributed by atoms with E-state index in [0.29, 0.717) is 4.90 Å². The van der Waals surface area contributed by atoms with Crippen LogP contribution < -0.4 is 10.6 Å². The average molecular weight is 355 g/mol. The van der Waals surface area contributed by atoms with E-state index in [2.05, 4.69) is 40.7 Å². The molecule has 6 heteroatoms. The Balaban J connectivity index is 1.51. The predicted octanol–water partition coefficient (Wildman–Crippen LogP) is 2.07. The van der Waals surface area contributed by atoms with Gasteiger partial charge in [-0.3, -0.25) is 15.6 Å². The Labute approximate surface area is 148 Å². The molecular weight excluding hydrogens is 334 g/mol. The van der Waals surface area contributed by atoms with Crippen LogP contribution >= 0.6 is 0 Å². The quantitative estimate of drug-likeness (QED) is 0.884. The number of aliphatic imine (C=N–C) groups is 1. The molecule has 2 heterocycles. The van der Waals surface area contributed by atoms with E-state index in [4.69, 9.17) is 0 Å². The fourth-order valence-electron chi connectivity index (χ4n) is 3.55. The summed E-state index contributed by atoms with van der Waals surface area (Å²) in [5.74, 6) is 0. The van der Waals surface area contributed by atoms with Crippen LogP contribution in [-0.2, 0) is 21.8 Å². The number of hydrogen-bond acceptors (Lipinski definition) is 5. The normalized spacial score (nSPS) is 24.8. The van der Waals surface area contributed by atoms with Crippen LogP contribution in [0.4, 0.5) is 5.69 Å². The lowest BCUT2D eigenvalue weighted by Gasteiger charge is -2.23. The minimum absolute atomic E-state index is 0.113. The van der Waals surface area contributed by atoms with Crippen molar-refractivity contribution in [1.29, 1.82) is 0 Å². The number of rotatable bonds is 3. The Morgan fingerprint density at radius 1 is 1.20 bits per heavy atom. The van der Waals surface area contributed by atoms with Crippen molar-refractivity contribution in [3.05, 3.63) is 59.2 Å². The van der Waals surface area contributed by atoms with E-state index in [1.54, 1.807) is 12.1 Å². The lowest BCUT2D eigenvalue weighted by molar-refractivity contribution is 0.494. The molecular formula is C19H21N3O2S. The molecule has 5 nitrogen and oxygen atoms in total. The van der Waals surface area contributed by atoms with Gasteiger partial charge in [-0.1, -0.05) is 29.8 Å². The van der Waals surface area contributed by atoms with Crippen LogP contribution in [0.2, 0.25) is 0 Å². The van der Waals surface area contributed by atoms with Gasteiger partial charge >= 0.3 is 0 Å². The highest BCUT2D eigenvalue weighted by Crippen LogP contribution is 2.37. The van der Waals surface area contributed by atoms with E-state index in [1.807, 2.05) is 18.3 Å². The van der Waals surface area contributed by atoms with E-state index >= 15 is 0 Å². The van der Waals surface area contributed by atoms with Crippen molar-refractivity contribution >= 4 is 21.7 Å². The molecule has 0 aromatic heterocycles. The fourth-order valence-corrected chi connectivity index (χ4v) is 4.18. The van der Waals surface area contributed by atoms with Gasteiger partial charge in [0.15, 0.2) is 9.84 Å². The molecule has 0 amide bonds. The number of nitrogens with one attached hydrogen (secondary N) is 2. The second-order valence-electron chi connectivity index (χ2n) is 6.95. The molecule has 1 spiro atoms. The third-order valence-corrected chi connectivity index (χ3v) is 6.04. The minimum atomic E-state index is -3.15. The van der Waals surface area contributed by atoms with Crippen LogP contribution in [0.3, 0.4) is 0 Å². The summed E-state index contributed by atoms with van der Waals surface area (Å²) in [5.41, 5.74) is 4.31. The zero-order valence-electron chi connectivity index (χ0n) is 14.3. The van der Waals surface area contributed by atoms with Gasteiger partial charge in [-0.25, -0.2) is 8.42 Å². The van der Waals surface area contributed by atoms with Crippen molar-refractivity contribution in [2.24, 2.45) is 4.99 Å². The number of fused-ring (bicyclic) bond motifs is 2. The van der Waals surface area contributed by atoms with E-state index < -0.39 is 9.84 Å². The lowest BCUT2D eigenvalue weighted by Crippen LogP contribution is -2.43. The molecule has 1 fully saturated rings. The highest BCUT2D eigenvalue weighted by atomic mass is 32.2. The smallest absolute Gasteiger partial charge is 0.175 e. The predicted molar refractivity (Wildman–Crippen MR) is 99.2 cm³/mol. The number of benzene rings is 2. The third kappa shape index (κ3) is 3.01. The SMILES string of the molecule is Cc1ccc2c(c1)C1(C=N2)CN[C@@H](Cc2ccc(S(C)(=O)=O)cc2)N1. The summed E-state index contributed by atoms with van der Waals surface area (Å²) in [4.78, 5) is 4.92. The topological polar surface area (TPSA) is 70.6 Å². The van der Waals surface area contributed by atoms with Crippen LogP contribution in [0.15, 0.2) is 52.4 Å². The highest BCUT2D eigenvalue weighted by molar-refractivity contribution is 7.90. The van der Waals surface area contributed by atoms with Gasteiger partial charge in [0, 0.05) is 31.0 Å². The van der Waals surface area contributed by atoms with Gasteiger partial charge in [-0.05, 0) is 30.7 Å². The summed E-state index contributed by atoms with van der Waals surface area (Å²) in [6, 6.07) is 13.4. The van der Waals surface area contributed by atoms with Gasteiger partial charge in [0.25, 0.3) is 0 Å². The van der Waals surface area contributed by atoms with Crippen molar-refractivity contribution in [2.45, 2.75) is 29.9 Å². The average Bonchev–Trinajstić information content (AvgIpc) is 3.12. The molecule has 4 rings (SSSR count). The largest absolute Gasteiger partial charge is 0.299 e. The van der Waals surface area contributed by atoms with Crippen LogP contribution in [0.5, 0.6) is 0 Å². The summed E-state index contributed by atoms with van der Waals surface area (Å²) in [7, 11) is -3.15. The van der Waals surface area contributed by atoms with Crippen LogP contribution in [0.1, 0.15) is 16.7 Å². The molecule has 25 heavy (non-hydrogen) atoms. The van der Waals surface area contributed by atoms with E-state index in [9.17, 15) is 8.42 Å². The van der Waals surface area contributed by atoms with Crippen LogP contribution in [0.25, 0.3) is 0 Å². The van der Waals surface area contributed by atoms with Crippen LogP contribution in [-0.4, -0.2) is 33.6 Å². The molecule has 130 valence electrons. The Morgan fingerprint density at radius 2 is 1.96 bits per heavy atom. The molecule has 0 bridgehead atoms. The van der Waals surface area contributed by atoms with E-state index in [1.165, 1.54) is 17.4 Å². The standard InChI is InChI=1S/C19H21N3O2S/c1-13-3-8-17-16(9-13)19(11-20-17)12-21-18(22-19)10-14-4-6-15(7-5-14)25(2,23)24/h3-9,11,18,21-22H,10,12H2,1-2H3/t18-,19?/m1/s1. The molecule has 2 atom stereocenters. The summed E-state index contributed by atoms with van der Waals surface area (Å²) in [6.45, 7) is 2.88. The molecule has 2 aromatic rings.